The van der Waals surface area contributed by atoms with E-state index in [9.17, 15) is 10.1 Å². The average molecular weight is 306 g/mol. The predicted molar refractivity (Wildman–Crippen MR) is 89.6 cm³/mol. The maximum absolute atomic E-state index is 12.3. The zero-order valence-electron chi connectivity index (χ0n) is 13.1. The van der Waals surface area contributed by atoms with E-state index in [1.54, 1.807) is 19.2 Å². The molecular formula is C19H18N2O2. The number of para-hydroxylation sites is 1. The third-order valence-electron chi connectivity index (χ3n) is 3.45. The average Bonchev–Trinajstić information content (AvgIpc) is 2.60. The highest BCUT2D eigenvalue weighted by molar-refractivity contribution is 6.02. The molecule has 2 aromatic carbocycles. The van der Waals surface area contributed by atoms with E-state index in [4.69, 9.17) is 4.74 Å². The minimum absolute atomic E-state index is 0.0391. The number of rotatable bonds is 5. The minimum Gasteiger partial charge on any atom is -0.496 e. The summed E-state index contributed by atoms with van der Waals surface area (Å²) in [6.45, 7) is 1.88. The van der Waals surface area contributed by atoms with E-state index in [-0.39, 0.29) is 11.6 Å². The van der Waals surface area contributed by atoms with Crippen molar-refractivity contribution in [3.63, 3.8) is 0 Å². The molecule has 0 bridgehead atoms. The van der Waals surface area contributed by atoms with E-state index in [0.717, 1.165) is 5.56 Å². The first-order valence-electron chi connectivity index (χ1n) is 7.26. The first-order valence-corrected chi connectivity index (χ1v) is 7.26. The summed E-state index contributed by atoms with van der Waals surface area (Å²) in [6.07, 6.45) is 1.53. The lowest BCUT2D eigenvalue weighted by Crippen LogP contribution is -2.27. The Kier molecular flexibility index (Phi) is 5.54. The molecule has 2 aromatic rings. The van der Waals surface area contributed by atoms with Crippen LogP contribution in [0.25, 0.3) is 6.08 Å². The highest BCUT2D eigenvalue weighted by Crippen LogP contribution is 2.20. The molecule has 23 heavy (non-hydrogen) atoms. The van der Waals surface area contributed by atoms with Crippen LogP contribution in [-0.4, -0.2) is 13.0 Å². The van der Waals surface area contributed by atoms with Crippen LogP contribution >= 0.6 is 0 Å². The van der Waals surface area contributed by atoms with Crippen molar-refractivity contribution in [2.24, 2.45) is 0 Å². The van der Waals surface area contributed by atoms with Crippen LogP contribution in [0.3, 0.4) is 0 Å². The van der Waals surface area contributed by atoms with Crippen molar-refractivity contribution in [3.8, 4) is 11.8 Å². The standard InChI is InChI=1S/C19H18N2O2/c1-14(15-8-4-3-5-9-15)21-19(22)17(13-20)12-16-10-6-7-11-18(16)23-2/h3-12,14H,1-2H3,(H,21,22)/b17-12+/t14-/m1/s1. The van der Waals surface area contributed by atoms with Gasteiger partial charge in [0.25, 0.3) is 5.91 Å². The van der Waals surface area contributed by atoms with Gasteiger partial charge in [0.15, 0.2) is 0 Å². The van der Waals surface area contributed by atoms with Gasteiger partial charge < -0.3 is 10.1 Å². The van der Waals surface area contributed by atoms with Gasteiger partial charge in [-0.1, -0.05) is 48.5 Å². The SMILES string of the molecule is COc1ccccc1/C=C(\C#N)C(=O)N[C@H](C)c1ccccc1. The second-order valence-corrected chi connectivity index (χ2v) is 5.02. The molecule has 0 aliphatic carbocycles. The summed E-state index contributed by atoms with van der Waals surface area (Å²) in [7, 11) is 1.55. The van der Waals surface area contributed by atoms with E-state index in [1.165, 1.54) is 6.08 Å². The molecule has 0 fully saturated rings. The Labute approximate surface area is 136 Å². The normalized spacial score (nSPS) is 12.1. The van der Waals surface area contributed by atoms with Crippen molar-refractivity contribution in [1.29, 1.82) is 5.26 Å². The van der Waals surface area contributed by atoms with Gasteiger partial charge in [-0.2, -0.15) is 5.26 Å². The summed E-state index contributed by atoms with van der Waals surface area (Å²) in [5, 5.41) is 12.1. The lowest BCUT2D eigenvalue weighted by molar-refractivity contribution is -0.117. The van der Waals surface area contributed by atoms with Crippen LogP contribution in [0.4, 0.5) is 0 Å². The van der Waals surface area contributed by atoms with Gasteiger partial charge in [0.2, 0.25) is 0 Å². The highest BCUT2D eigenvalue weighted by Gasteiger charge is 2.14. The van der Waals surface area contributed by atoms with Gasteiger partial charge in [-0.05, 0) is 24.6 Å². The lowest BCUT2D eigenvalue weighted by Gasteiger charge is -2.14. The summed E-state index contributed by atoms with van der Waals surface area (Å²) < 4.78 is 5.24. The Morgan fingerprint density at radius 3 is 2.48 bits per heavy atom. The fourth-order valence-corrected chi connectivity index (χ4v) is 2.19. The molecule has 0 radical (unpaired) electrons. The number of hydrogen-bond acceptors (Lipinski definition) is 3. The molecule has 0 saturated carbocycles. The monoisotopic (exact) mass is 306 g/mol. The molecule has 4 nitrogen and oxygen atoms in total. The molecule has 0 spiro atoms. The van der Waals surface area contributed by atoms with Gasteiger partial charge in [0.1, 0.15) is 17.4 Å². The topological polar surface area (TPSA) is 62.1 Å². The quantitative estimate of drug-likeness (QED) is 0.679. The molecule has 0 saturated heterocycles. The van der Waals surface area contributed by atoms with E-state index < -0.39 is 5.91 Å². The van der Waals surface area contributed by atoms with E-state index in [0.29, 0.717) is 11.3 Å². The molecule has 2 rings (SSSR count). The molecule has 0 heterocycles. The van der Waals surface area contributed by atoms with Crippen molar-refractivity contribution < 1.29 is 9.53 Å². The second-order valence-electron chi connectivity index (χ2n) is 5.02. The first kappa shape index (κ1) is 16.3. The van der Waals surface area contributed by atoms with Crippen LogP contribution in [0.15, 0.2) is 60.2 Å². The Morgan fingerprint density at radius 1 is 1.17 bits per heavy atom. The Bertz CT molecular complexity index is 745. The van der Waals surface area contributed by atoms with Gasteiger partial charge >= 0.3 is 0 Å². The summed E-state index contributed by atoms with van der Waals surface area (Å²) >= 11 is 0. The van der Waals surface area contributed by atoms with Crippen molar-refractivity contribution in [1.82, 2.24) is 5.32 Å². The molecule has 116 valence electrons. The minimum atomic E-state index is -0.408. The van der Waals surface area contributed by atoms with Crippen LogP contribution in [-0.2, 0) is 4.79 Å². The zero-order chi connectivity index (χ0) is 16.7. The Balaban J connectivity index is 2.19. The lowest BCUT2D eigenvalue weighted by atomic mass is 10.1. The van der Waals surface area contributed by atoms with Crippen LogP contribution in [0.5, 0.6) is 5.75 Å². The number of nitrogens with one attached hydrogen (secondary N) is 1. The fourth-order valence-electron chi connectivity index (χ4n) is 2.19. The zero-order valence-corrected chi connectivity index (χ0v) is 13.1. The molecule has 0 unspecified atom stereocenters. The summed E-state index contributed by atoms with van der Waals surface area (Å²) in [5.41, 5.74) is 1.71. The number of carbonyl (C=O) groups excluding carboxylic acids is 1. The molecule has 1 atom stereocenters. The van der Waals surface area contributed by atoms with Crippen LogP contribution in [0, 0.1) is 11.3 Å². The number of amides is 1. The van der Waals surface area contributed by atoms with Gasteiger partial charge in [-0.15, -0.1) is 0 Å². The summed E-state index contributed by atoms with van der Waals surface area (Å²) in [6, 6.07) is 18.6. The largest absolute Gasteiger partial charge is 0.496 e. The van der Waals surface area contributed by atoms with E-state index in [2.05, 4.69) is 5.32 Å². The second kappa shape index (κ2) is 7.81. The van der Waals surface area contributed by atoms with Crippen LogP contribution < -0.4 is 10.1 Å². The molecule has 0 aliphatic heterocycles. The molecular weight excluding hydrogens is 288 g/mol. The number of benzene rings is 2. The highest BCUT2D eigenvalue weighted by atomic mass is 16.5. The van der Waals surface area contributed by atoms with E-state index in [1.807, 2.05) is 55.5 Å². The third-order valence-corrected chi connectivity index (χ3v) is 3.45. The number of nitrogens with zero attached hydrogens (tertiary/aromatic N) is 1. The molecule has 0 aromatic heterocycles. The number of hydrogen-bond donors (Lipinski definition) is 1. The Hall–Kier alpha value is -3.06. The summed E-state index contributed by atoms with van der Waals surface area (Å²) in [5.74, 6) is 0.207. The Morgan fingerprint density at radius 2 is 1.83 bits per heavy atom. The maximum Gasteiger partial charge on any atom is 0.262 e. The van der Waals surface area contributed by atoms with Crippen molar-refractivity contribution in [2.45, 2.75) is 13.0 Å². The van der Waals surface area contributed by atoms with Gasteiger partial charge in [-0.25, -0.2) is 0 Å². The van der Waals surface area contributed by atoms with Crippen molar-refractivity contribution >= 4 is 12.0 Å². The fraction of sp³-hybridized carbons (Fsp3) is 0.158. The van der Waals surface area contributed by atoms with Crippen molar-refractivity contribution in [3.05, 3.63) is 71.3 Å². The molecule has 0 aliphatic rings. The number of nitriles is 1. The molecule has 1 amide bonds. The predicted octanol–water partition coefficient (Wildman–Crippen LogP) is 3.48. The number of carbonyl (C=O) groups is 1. The first-order chi connectivity index (χ1) is 11.2. The maximum atomic E-state index is 12.3. The summed E-state index contributed by atoms with van der Waals surface area (Å²) in [4.78, 5) is 12.3. The van der Waals surface area contributed by atoms with Crippen LogP contribution in [0.2, 0.25) is 0 Å². The third kappa shape index (κ3) is 4.21. The molecule has 4 heteroatoms. The number of ether oxygens (including phenoxy) is 1. The van der Waals surface area contributed by atoms with Gasteiger partial charge in [0.05, 0.1) is 13.2 Å². The smallest absolute Gasteiger partial charge is 0.262 e. The van der Waals surface area contributed by atoms with Gasteiger partial charge in [0, 0.05) is 5.56 Å². The number of methoxy groups -OCH3 is 1. The van der Waals surface area contributed by atoms with Crippen LogP contribution in [0.1, 0.15) is 24.1 Å². The van der Waals surface area contributed by atoms with Crippen molar-refractivity contribution in [2.75, 3.05) is 7.11 Å². The molecule has 1 N–H and O–H groups in total. The van der Waals surface area contributed by atoms with E-state index >= 15 is 0 Å². The van der Waals surface area contributed by atoms with Gasteiger partial charge in [-0.3, -0.25) is 4.79 Å².